The van der Waals surface area contributed by atoms with Gasteiger partial charge in [-0.1, -0.05) is 12.1 Å². The quantitative estimate of drug-likeness (QED) is 0.675. The Morgan fingerprint density at radius 3 is 2.31 bits per heavy atom. The zero-order chi connectivity index (χ0) is 20.6. The van der Waals surface area contributed by atoms with Crippen LogP contribution < -0.4 is 19.5 Å². The van der Waals surface area contributed by atoms with Crippen molar-refractivity contribution in [2.75, 3.05) is 47.5 Å². The third-order valence-corrected chi connectivity index (χ3v) is 5.52. The molecule has 6 nitrogen and oxygen atoms in total. The van der Waals surface area contributed by atoms with Crippen molar-refractivity contribution in [2.24, 2.45) is 0 Å². The fourth-order valence-electron chi connectivity index (χ4n) is 3.97. The molecule has 1 saturated heterocycles. The Hall–Kier alpha value is -2.44. The second-order valence-corrected chi connectivity index (χ2v) is 7.40. The monoisotopic (exact) mass is 400 g/mol. The second-order valence-electron chi connectivity index (χ2n) is 7.40. The lowest BCUT2D eigenvalue weighted by molar-refractivity contribution is 0.158. The fourth-order valence-corrected chi connectivity index (χ4v) is 3.97. The van der Waals surface area contributed by atoms with Gasteiger partial charge < -0.3 is 24.6 Å². The Balaban J connectivity index is 1.60. The van der Waals surface area contributed by atoms with E-state index in [0.717, 1.165) is 45.4 Å². The summed E-state index contributed by atoms with van der Waals surface area (Å²) < 4.78 is 16.3. The van der Waals surface area contributed by atoms with Crippen molar-refractivity contribution in [1.29, 1.82) is 0 Å². The van der Waals surface area contributed by atoms with Crippen molar-refractivity contribution >= 4 is 0 Å². The number of aromatic hydroxyl groups is 1. The Morgan fingerprint density at radius 2 is 1.69 bits per heavy atom. The SMILES string of the molecule is COc1cc(CCCN2CCNC[C@@H]2Cc2ccc(O)cc2)cc(OC)c1OC. The first-order valence-electron chi connectivity index (χ1n) is 10.2. The molecular weight excluding hydrogens is 368 g/mol. The molecule has 1 heterocycles. The third-order valence-electron chi connectivity index (χ3n) is 5.52. The van der Waals surface area contributed by atoms with Gasteiger partial charge in [-0.2, -0.15) is 0 Å². The fraction of sp³-hybridized carbons (Fsp3) is 0.478. The topological polar surface area (TPSA) is 63.2 Å². The molecule has 0 aliphatic carbocycles. The van der Waals surface area contributed by atoms with Crippen molar-refractivity contribution < 1.29 is 19.3 Å². The second kappa shape index (κ2) is 10.4. The molecule has 0 amide bonds. The maximum Gasteiger partial charge on any atom is 0.203 e. The molecule has 0 aromatic heterocycles. The molecule has 0 unspecified atom stereocenters. The van der Waals surface area contributed by atoms with Crippen molar-refractivity contribution in [2.45, 2.75) is 25.3 Å². The summed E-state index contributed by atoms with van der Waals surface area (Å²) in [5, 5.41) is 13.0. The van der Waals surface area contributed by atoms with Gasteiger partial charge in [-0.25, -0.2) is 0 Å². The van der Waals surface area contributed by atoms with Crippen LogP contribution in [0.4, 0.5) is 0 Å². The van der Waals surface area contributed by atoms with Crippen LogP contribution in [0.15, 0.2) is 36.4 Å². The van der Waals surface area contributed by atoms with E-state index in [1.807, 2.05) is 24.3 Å². The van der Waals surface area contributed by atoms with Crippen LogP contribution in [0.1, 0.15) is 17.5 Å². The number of ether oxygens (including phenoxy) is 3. The van der Waals surface area contributed by atoms with Crippen molar-refractivity contribution in [3.8, 4) is 23.0 Å². The molecular formula is C23H32N2O4. The molecule has 2 aromatic rings. The lowest BCUT2D eigenvalue weighted by Gasteiger charge is -2.36. The van der Waals surface area contributed by atoms with E-state index < -0.39 is 0 Å². The van der Waals surface area contributed by atoms with E-state index in [-0.39, 0.29) is 0 Å². The summed E-state index contributed by atoms with van der Waals surface area (Å²) in [5.74, 6) is 2.36. The van der Waals surface area contributed by atoms with Crippen LogP contribution in [-0.4, -0.2) is 63.6 Å². The van der Waals surface area contributed by atoms with Crippen LogP contribution in [0.2, 0.25) is 0 Å². The Morgan fingerprint density at radius 1 is 1.00 bits per heavy atom. The molecule has 6 heteroatoms. The summed E-state index contributed by atoms with van der Waals surface area (Å²) >= 11 is 0. The minimum atomic E-state index is 0.317. The zero-order valence-corrected chi connectivity index (χ0v) is 17.6. The van der Waals surface area contributed by atoms with E-state index in [2.05, 4.69) is 10.2 Å². The van der Waals surface area contributed by atoms with Crippen LogP contribution in [-0.2, 0) is 12.8 Å². The Labute approximate surface area is 173 Å². The van der Waals surface area contributed by atoms with Gasteiger partial charge in [-0.15, -0.1) is 0 Å². The van der Waals surface area contributed by atoms with E-state index in [4.69, 9.17) is 14.2 Å². The maximum atomic E-state index is 9.50. The van der Waals surface area contributed by atoms with Gasteiger partial charge in [-0.3, -0.25) is 4.90 Å². The average molecular weight is 401 g/mol. The van der Waals surface area contributed by atoms with Crippen LogP contribution >= 0.6 is 0 Å². The van der Waals surface area contributed by atoms with Gasteiger partial charge >= 0.3 is 0 Å². The number of aryl methyl sites for hydroxylation is 1. The van der Waals surface area contributed by atoms with Crippen LogP contribution in [0.25, 0.3) is 0 Å². The number of nitrogens with one attached hydrogen (secondary N) is 1. The number of methoxy groups -OCH3 is 3. The van der Waals surface area contributed by atoms with Gasteiger partial charge in [0.2, 0.25) is 5.75 Å². The van der Waals surface area contributed by atoms with E-state index >= 15 is 0 Å². The lowest BCUT2D eigenvalue weighted by atomic mass is 10.0. The standard InChI is InChI=1S/C23H32N2O4/c1-27-21-14-18(15-22(28-2)23(21)29-3)5-4-11-25-12-10-24-16-19(25)13-17-6-8-20(26)9-7-17/h6-9,14-15,19,24,26H,4-5,10-13,16H2,1-3H3/t19-/m0/s1. The predicted octanol–water partition coefficient (Wildman–Crippen LogP) is 2.87. The molecule has 1 atom stereocenters. The minimum Gasteiger partial charge on any atom is -0.508 e. The number of piperazine rings is 1. The molecule has 2 N–H and O–H groups in total. The summed E-state index contributed by atoms with van der Waals surface area (Å²) in [6.07, 6.45) is 2.99. The number of nitrogens with zero attached hydrogens (tertiary/aromatic N) is 1. The zero-order valence-electron chi connectivity index (χ0n) is 17.6. The predicted molar refractivity (Wildman–Crippen MR) is 114 cm³/mol. The van der Waals surface area contributed by atoms with Crippen LogP contribution in [0.3, 0.4) is 0 Å². The van der Waals surface area contributed by atoms with Crippen LogP contribution in [0.5, 0.6) is 23.0 Å². The number of hydrogen-bond acceptors (Lipinski definition) is 6. The summed E-state index contributed by atoms with van der Waals surface area (Å²) in [5.41, 5.74) is 2.44. The van der Waals surface area contributed by atoms with Crippen molar-refractivity contribution in [3.63, 3.8) is 0 Å². The van der Waals surface area contributed by atoms with Crippen LogP contribution in [0, 0.1) is 0 Å². The first-order valence-corrected chi connectivity index (χ1v) is 10.2. The highest BCUT2D eigenvalue weighted by Gasteiger charge is 2.22. The Bertz CT molecular complexity index is 754. The van der Waals surface area contributed by atoms with Crippen molar-refractivity contribution in [1.82, 2.24) is 10.2 Å². The van der Waals surface area contributed by atoms with Gasteiger partial charge in [0, 0.05) is 25.7 Å². The number of phenolic OH excluding ortho intramolecular Hbond substituents is 1. The third kappa shape index (κ3) is 5.55. The van der Waals surface area contributed by atoms with E-state index in [9.17, 15) is 5.11 Å². The normalized spacial score (nSPS) is 17.1. The van der Waals surface area contributed by atoms with E-state index in [1.54, 1.807) is 33.5 Å². The summed E-state index contributed by atoms with van der Waals surface area (Å²) in [4.78, 5) is 2.57. The first kappa shape index (κ1) is 21.3. The minimum absolute atomic E-state index is 0.317. The Kier molecular flexibility index (Phi) is 7.61. The highest BCUT2D eigenvalue weighted by molar-refractivity contribution is 5.53. The smallest absolute Gasteiger partial charge is 0.203 e. The molecule has 0 bridgehead atoms. The molecule has 0 saturated carbocycles. The summed E-state index contributed by atoms with van der Waals surface area (Å²) in [6.45, 7) is 4.11. The first-order chi connectivity index (χ1) is 14.1. The van der Waals surface area contributed by atoms with Gasteiger partial charge in [0.05, 0.1) is 21.3 Å². The summed E-state index contributed by atoms with van der Waals surface area (Å²) in [6, 6.07) is 12.1. The van der Waals surface area contributed by atoms with Gasteiger partial charge in [0.25, 0.3) is 0 Å². The average Bonchev–Trinajstić information content (AvgIpc) is 2.75. The summed E-state index contributed by atoms with van der Waals surface area (Å²) in [7, 11) is 4.92. The maximum absolute atomic E-state index is 9.50. The number of hydrogen-bond donors (Lipinski definition) is 2. The highest BCUT2D eigenvalue weighted by atomic mass is 16.5. The number of benzene rings is 2. The number of rotatable bonds is 9. The van der Waals surface area contributed by atoms with Crippen molar-refractivity contribution in [3.05, 3.63) is 47.5 Å². The van der Waals surface area contributed by atoms with E-state index in [1.165, 1.54) is 11.1 Å². The van der Waals surface area contributed by atoms with Gasteiger partial charge in [-0.05, 0) is 61.2 Å². The van der Waals surface area contributed by atoms with E-state index in [0.29, 0.717) is 29.0 Å². The lowest BCUT2D eigenvalue weighted by Crippen LogP contribution is -2.52. The van der Waals surface area contributed by atoms with Gasteiger partial charge in [0.1, 0.15) is 5.75 Å². The molecule has 1 aliphatic heterocycles. The highest BCUT2D eigenvalue weighted by Crippen LogP contribution is 2.38. The molecule has 2 aromatic carbocycles. The molecule has 0 spiro atoms. The molecule has 158 valence electrons. The molecule has 1 fully saturated rings. The molecule has 0 radical (unpaired) electrons. The molecule has 3 rings (SSSR count). The van der Waals surface area contributed by atoms with Gasteiger partial charge in [0.15, 0.2) is 11.5 Å². The molecule has 1 aliphatic rings. The largest absolute Gasteiger partial charge is 0.508 e. The number of phenols is 1. The molecule has 29 heavy (non-hydrogen) atoms.